The van der Waals surface area contributed by atoms with Crippen molar-refractivity contribution < 1.29 is 4.79 Å². The first-order valence-electron chi connectivity index (χ1n) is 10.9. The Labute approximate surface area is 186 Å². The van der Waals surface area contributed by atoms with E-state index in [2.05, 4.69) is 52.4 Å². The van der Waals surface area contributed by atoms with Crippen LogP contribution in [-0.2, 0) is 18.3 Å². The number of nitrogens with zero attached hydrogens (tertiary/aromatic N) is 4. The molecule has 1 aliphatic carbocycles. The second kappa shape index (κ2) is 7.75. The Morgan fingerprint density at radius 3 is 2.84 bits per heavy atom. The number of carbonyl (C=O) groups excluding carboxylic acids is 1. The summed E-state index contributed by atoms with van der Waals surface area (Å²) < 4.78 is 1.77. The van der Waals surface area contributed by atoms with Crippen molar-refractivity contribution in [3.63, 3.8) is 0 Å². The van der Waals surface area contributed by atoms with E-state index in [-0.39, 0.29) is 17.7 Å². The molecule has 1 aromatic carbocycles. The Kier molecular flexibility index (Phi) is 4.89. The van der Waals surface area contributed by atoms with Crippen molar-refractivity contribution in [2.75, 3.05) is 11.1 Å². The first-order valence-corrected chi connectivity index (χ1v) is 10.9. The normalized spacial score (nSPS) is 17.5. The summed E-state index contributed by atoms with van der Waals surface area (Å²) in [5, 5.41) is 8.85. The molecule has 1 fully saturated rings. The van der Waals surface area contributed by atoms with Gasteiger partial charge in [0.05, 0.1) is 11.9 Å². The Bertz CT molecular complexity index is 1340. The van der Waals surface area contributed by atoms with E-state index in [1.54, 1.807) is 10.9 Å². The molecule has 0 bridgehead atoms. The maximum absolute atomic E-state index is 12.8. The molecule has 0 aliphatic heterocycles. The van der Waals surface area contributed by atoms with E-state index in [0.717, 1.165) is 46.0 Å². The predicted octanol–water partition coefficient (Wildman–Crippen LogP) is 4.23. The number of carbonyl (C=O) groups is 1. The average molecular weight is 427 g/mol. The molecule has 0 spiro atoms. The number of pyridine rings is 2. The number of nitrogen functional groups attached to an aromatic ring is 1. The van der Waals surface area contributed by atoms with E-state index in [1.165, 1.54) is 5.56 Å². The van der Waals surface area contributed by atoms with Crippen LogP contribution in [0.4, 0.5) is 11.6 Å². The Balaban J connectivity index is 1.42. The van der Waals surface area contributed by atoms with E-state index < -0.39 is 0 Å². The summed E-state index contributed by atoms with van der Waals surface area (Å²) >= 11 is 0. The molecule has 3 aromatic heterocycles. The van der Waals surface area contributed by atoms with E-state index in [1.807, 2.05) is 31.6 Å². The molecule has 32 heavy (non-hydrogen) atoms. The highest BCUT2D eigenvalue weighted by Gasteiger charge is 2.44. The van der Waals surface area contributed by atoms with Crippen molar-refractivity contribution in [3.05, 3.63) is 65.6 Å². The third-order valence-corrected chi connectivity index (χ3v) is 6.26. The van der Waals surface area contributed by atoms with Gasteiger partial charge in [-0.2, -0.15) is 5.10 Å². The predicted molar refractivity (Wildman–Crippen MR) is 126 cm³/mol. The first kappa shape index (κ1) is 20.2. The zero-order valence-electron chi connectivity index (χ0n) is 18.5. The van der Waals surface area contributed by atoms with Crippen molar-refractivity contribution in [2.45, 2.75) is 32.6 Å². The molecule has 1 saturated carbocycles. The van der Waals surface area contributed by atoms with E-state index in [4.69, 9.17) is 5.73 Å². The van der Waals surface area contributed by atoms with Crippen molar-refractivity contribution in [1.82, 2.24) is 19.7 Å². The fourth-order valence-electron chi connectivity index (χ4n) is 4.25. The van der Waals surface area contributed by atoms with Crippen molar-refractivity contribution >= 4 is 28.3 Å². The van der Waals surface area contributed by atoms with Crippen LogP contribution in [0.25, 0.3) is 22.0 Å². The van der Waals surface area contributed by atoms with Crippen LogP contribution in [0.1, 0.15) is 36.0 Å². The number of amides is 1. The fourth-order valence-corrected chi connectivity index (χ4v) is 4.25. The number of hydrogen-bond acceptors (Lipinski definition) is 5. The van der Waals surface area contributed by atoms with Crippen LogP contribution >= 0.6 is 0 Å². The second-order valence-electron chi connectivity index (χ2n) is 8.57. The second-order valence-corrected chi connectivity index (χ2v) is 8.57. The molecule has 162 valence electrons. The lowest BCUT2D eigenvalue weighted by atomic mass is 9.99. The van der Waals surface area contributed by atoms with E-state index >= 15 is 0 Å². The summed E-state index contributed by atoms with van der Waals surface area (Å²) in [6.07, 6.45) is 7.27. The minimum absolute atomic E-state index is 0.0144. The number of aryl methyl sites for hydroxylation is 3. The van der Waals surface area contributed by atoms with Gasteiger partial charge < -0.3 is 11.1 Å². The van der Waals surface area contributed by atoms with Gasteiger partial charge in [-0.3, -0.25) is 9.48 Å². The number of benzene rings is 1. The molecule has 4 aromatic rings. The Morgan fingerprint density at radius 2 is 2.09 bits per heavy atom. The fraction of sp³-hybridized carbons (Fsp3) is 0.280. The lowest BCUT2D eigenvalue weighted by molar-refractivity contribution is -0.117. The molecule has 7 nitrogen and oxygen atoms in total. The summed E-state index contributed by atoms with van der Waals surface area (Å²) in [5.74, 6) is 1.12. The molecular formula is C25H26N6O. The Morgan fingerprint density at radius 1 is 1.25 bits per heavy atom. The molecule has 1 aliphatic rings. The molecule has 3 N–H and O–H groups in total. The van der Waals surface area contributed by atoms with Crippen LogP contribution in [0.3, 0.4) is 0 Å². The first-order chi connectivity index (χ1) is 15.4. The van der Waals surface area contributed by atoms with Gasteiger partial charge in [0.1, 0.15) is 11.6 Å². The van der Waals surface area contributed by atoms with Crippen molar-refractivity contribution in [3.8, 4) is 11.3 Å². The molecular weight excluding hydrogens is 400 g/mol. The lowest BCUT2D eigenvalue weighted by Crippen LogP contribution is -2.15. The summed E-state index contributed by atoms with van der Waals surface area (Å²) in [4.78, 5) is 21.8. The van der Waals surface area contributed by atoms with Gasteiger partial charge in [0.25, 0.3) is 0 Å². The van der Waals surface area contributed by atoms with Gasteiger partial charge in [0.15, 0.2) is 0 Å². The Hall–Kier alpha value is -3.74. The number of fused-ring (bicyclic) bond motifs is 1. The molecule has 1 amide bonds. The average Bonchev–Trinajstić information content (AvgIpc) is 3.47. The number of nitrogens with one attached hydrogen (secondary N) is 1. The maximum Gasteiger partial charge on any atom is 0.229 e. The van der Waals surface area contributed by atoms with Crippen LogP contribution in [-0.4, -0.2) is 25.7 Å². The van der Waals surface area contributed by atoms with Crippen LogP contribution < -0.4 is 11.1 Å². The SMILES string of the molecule is CCc1ccc(C)c(-c2cc3cc(NC(=O)[C@H]4C[C@@H]4c4cnn(C)c4)ncc3c(N)n2)c1. The van der Waals surface area contributed by atoms with Gasteiger partial charge in [-0.1, -0.05) is 19.1 Å². The van der Waals surface area contributed by atoms with Crippen LogP contribution in [0.15, 0.2) is 48.9 Å². The smallest absolute Gasteiger partial charge is 0.229 e. The molecule has 7 heteroatoms. The van der Waals surface area contributed by atoms with Gasteiger partial charge in [0.2, 0.25) is 5.91 Å². The molecule has 3 heterocycles. The zero-order chi connectivity index (χ0) is 22.4. The van der Waals surface area contributed by atoms with E-state index in [9.17, 15) is 4.79 Å². The summed E-state index contributed by atoms with van der Waals surface area (Å²) in [7, 11) is 1.88. The number of nitrogens with two attached hydrogens (primary N) is 1. The van der Waals surface area contributed by atoms with Gasteiger partial charge >= 0.3 is 0 Å². The van der Waals surface area contributed by atoms with Crippen molar-refractivity contribution in [1.29, 1.82) is 0 Å². The minimum atomic E-state index is -0.0470. The summed E-state index contributed by atoms with van der Waals surface area (Å²) in [6, 6.07) is 10.3. The molecule has 0 radical (unpaired) electrons. The maximum atomic E-state index is 12.8. The highest BCUT2D eigenvalue weighted by molar-refractivity contribution is 5.98. The molecule has 2 atom stereocenters. The largest absolute Gasteiger partial charge is 0.383 e. The third kappa shape index (κ3) is 3.70. The van der Waals surface area contributed by atoms with Crippen molar-refractivity contribution in [2.24, 2.45) is 13.0 Å². The van der Waals surface area contributed by atoms with E-state index in [0.29, 0.717) is 11.6 Å². The highest BCUT2D eigenvalue weighted by Crippen LogP contribution is 2.47. The standard InChI is InChI=1S/C25H26N6O/c1-4-15-6-5-14(2)18(7-15)22-8-16-9-23(27-12-21(16)24(26)29-22)30-25(32)20-10-19(20)17-11-28-31(3)13-17/h5-9,11-13,19-20H,4,10H2,1-3H3,(H2,26,29)(H,27,30,32)/t19-,20+/m1/s1. The van der Waals surface area contributed by atoms with Crippen LogP contribution in [0.2, 0.25) is 0 Å². The zero-order valence-corrected chi connectivity index (χ0v) is 18.5. The van der Waals surface area contributed by atoms with Gasteiger partial charge in [-0.15, -0.1) is 0 Å². The summed E-state index contributed by atoms with van der Waals surface area (Å²) in [5.41, 5.74) is 11.7. The number of rotatable bonds is 5. The lowest BCUT2D eigenvalue weighted by Gasteiger charge is -2.11. The number of anilines is 2. The quantitative estimate of drug-likeness (QED) is 0.498. The highest BCUT2D eigenvalue weighted by atomic mass is 16.2. The molecule has 0 unspecified atom stereocenters. The molecule has 0 saturated heterocycles. The van der Waals surface area contributed by atoms with Gasteiger partial charge in [-0.25, -0.2) is 9.97 Å². The minimum Gasteiger partial charge on any atom is -0.383 e. The van der Waals surface area contributed by atoms with Crippen LogP contribution in [0, 0.1) is 12.8 Å². The van der Waals surface area contributed by atoms with Gasteiger partial charge in [-0.05, 0) is 66.0 Å². The summed E-state index contributed by atoms with van der Waals surface area (Å²) in [6.45, 7) is 4.21. The number of aromatic nitrogens is 4. The third-order valence-electron chi connectivity index (χ3n) is 6.26. The number of hydrogen-bond donors (Lipinski definition) is 2. The van der Waals surface area contributed by atoms with Crippen LogP contribution in [0.5, 0.6) is 0 Å². The monoisotopic (exact) mass is 426 g/mol. The van der Waals surface area contributed by atoms with Gasteiger partial charge in [0, 0.05) is 36.3 Å². The molecule has 5 rings (SSSR count). The topological polar surface area (TPSA) is 98.7 Å².